The van der Waals surface area contributed by atoms with Crippen molar-refractivity contribution < 1.29 is 14.3 Å². The maximum atomic E-state index is 12.3. The molecule has 5 heteroatoms. The standard InChI is InChI=1S/C19H24N2O3/c1-12-6-4-9-17(13(12)2)21-18(22)14(3)24-19(23)16-8-5-7-15(10-16)11-20/h5,7-8,10,12-14,17H,4,6,9H2,1-3H3,(H,21,22)/t12-,13-,14-,17-/m1/s1. The third kappa shape index (κ3) is 4.35. The van der Waals surface area contributed by atoms with Gasteiger partial charge in [-0.05, 0) is 43.4 Å². The number of nitrogens with one attached hydrogen (secondary N) is 1. The van der Waals surface area contributed by atoms with E-state index < -0.39 is 12.1 Å². The van der Waals surface area contributed by atoms with Gasteiger partial charge in [0.15, 0.2) is 6.10 Å². The Morgan fingerprint density at radius 2 is 2.08 bits per heavy atom. The third-order valence-corrected chi connectivity index (χ3v) is 4.91. The molecule has 24 heavy (non-hydrogen) atoms. The SMILES string of the molecule is C[C@@H]1[C@H](C)CCC[C@H]1NC(=O)[C@@H](C)OC(=O)c1cccc(C#N)c1. The van der Waals surface area contributed by atoms with Gasteiger partial charge < -0.3 is 10.1 Å². The number of rotatable bonds is 4. The van der Waals surface area contributed by atoms with E-state index in [1.807, 2.05) is 6.07 Å². The molecule has 1 fully saturated rings. The van der Waals surface area contributed by atoms with Gasteiger partial charge in [0.25, 0.3) is 5.91 Å². The van der Waals surface area contributed by atoms with Crippen LogP contribution in [0.25, 0.3) is 0 Å². The number of hydrogen-bond donors (Lipinski definition) is 1. The van der Waals surface area contributed by atoms with Crippen LogP contribution < -0.4 is 5.32 Å². The Balaban J connectivity index is 1.93. The summed E-state index contributed by atoms with van der Waals surface area (Å²) in [5.74, 6) is 0.124. The van der Waals surface area contributed by atoms with E-state index in [9.17, 15) is 9.59 Å². The summed E-state index contributed by atoms with van der Waals surface area (Å²) in [5.41, 5.74) is 0.653. The molecule has 4 atom stereocenters. The molecule has 5 nitrogen and oxygen atoms in total. The summed E-state index contributed by atoms with van der Waals surface area (Å²) in [6.45, 7) is 5.92. The van der Waals surface area contributed by atoms with Gasteiger partial charge in [-0.25, -0.2) is 4.79 Å². The molecule has 0 radical (unpaired) electrons. The number of ether oxygens (including phenoxy) is 1. The van der Waals surface area contributed by atoms with Crippen molar-refractivity contribution in [1.29, 1.82) is 5.26 Å². The zero-order chi connectivity index (χ0) is 17.7. The molecule has 1 aromatic carbocycles. The van der Waals surface area contributed by atoms with Crippen molar-refractivity contribution in [3.63, 3.8) is 0 Å². The lowest BCUT2D eigenvalue weighted by Gasteiger charge is -2.35. The Labute approximate surface area is 143 Å². The summed E-state index contributed by atoms with van der Waals surface area (Å²) in [7, 11) is 0. The number of nitriles is 1. The van der Waals surface area contributed by atoms with Crippen molar-refractivity contribution in [2.24, 2.45) is 11.8 Å². The monoisotopic (exact) mass is 328 g/mol. The minimum Gasteiger partial charge on any atom is -0.449 e. The van der Waals surface area contributed by atoms with E-state index in [-0.39, 0.29) is 17.5 Å². The van der Waals surface area contributed by atoms with Crippen LogP contribution in [-0.2, 0) is 9.53 Å². The van der Waals surface area contributed by atoms with E-state index in [0.29, 0.717) is 17.4 Å². The summed E-state index contributed by atoms with van der Waals surface area (Å²) in [4.78, 5) is 24.4. The Morgan fingerprint density at radius 3 is 2.79 bits per heavy atom. The number of carbonyl (C=O) groups is 2. The van der Waals surface area contributed by atoms with Gasteiger partial charge in [-0.15, -0.1) is 0 Å². The molecule has 1 N–H and O–H groups in total. The zero-order valence-electron chi connectivity index (χ0n) is 14.4. The summed E-state index contributed by atoms with van der Waals surface area (Å²) in [6.07, 6.45) is 2.38. The summed E-state index contributed by atoms with van der Waals surface area (Å²) < 4.78 is 5.24. The average molecular weight is 328 g/mol. The molecular weight excluding hydrogens is 304 g/mol. The first-order chi connectivity index (χ1) is 11.4. The minimum atomic E-state index is -0.868. The molecule has 1 saturated carbocycles. The third-order valence-electron chi connectivity index (χ3n) is 4.91. The van der Waals surface area contributed by atoms with Gasteiger partial charge in [0, 0.05) is 6.04 Å². The first kappa shape index (κ1) is 18.0. The fourth-order valence-corrected chi connectivity index (χ4v) is 3.08. The molecule has 0 aliphatic heterocycles. The lowest BCUT2D eigenvalue weighted by molar-refractivity contribution is -0.130. The predicted molar refractivity (Wildman–Crippen MR) is 90.1 cm³/mol. The van der Waals surface area contributed by atoms with Crippen LogP contribution in [0.5, 0.6) is 0 Å². The Hall–Kier alpha value is -2.35. The van der Waals surface area contributed by atoms with Crippen LogP contribution in [0.4, 0.5) is 0 Å². The highest BCUT2D eigenvalue weighted by molar-refractivity contribution is 5.92. The van der Waals surface area contributed by atoms with Crippen molar-refractivity contribution in [3.8, 4) is 6.07 Å². The maximum absolute atomic E-state index is 12.3. The first-order valence-electron chi connectivity index (χ1n) is 8.44. The Morgan fingerprint density at radius 1 is 1.33 bits per heavy atom. The molecular formula is C19H24N2O3. The summed E-state index contributed by atoms with van der Waals surface area (Å²) in [6, 6.07) is 8.35. The van der Waals surface area contributed by atoms with Gasteiger partial charge in [0.1, 0.15) is 0 Å². The van der Waals surface area contributed by atoms with Crippen LogP contribution in [0, 0.1) is 23.2 Å². The second kappa shape index (κ2) is 7.96. The lowest BCUT2D eigenvalue weighted by Crippen LogP contribution is -2.47. The maximum Gasteiger partial charge on any atom is 0.338 e. The second-order valence-corrected chi connectivity index (χ2v) is 6.62. The zero-order valence-corrected chi connectivity index (χ0v) is 14.4. The molecule has 0 saturated heterocycles. The van der Waals surface area contributed by atoms with E-state index in [1.54, 1.807) is 25.1 Å². The van der Waals surface area contributed by atoms with E-state index in [1.165, 1.54) is 12.5 Å². The van der Waals surface area contributed by atoms with Gasteiger partial charge in [0.2, 0.25) is 0 Å². The number of nitrogens with zero attached hydrogens (tertiary/aromatic N) is 1. The Bertz CT molecular complexity index is 650. The van der Waals surface area contributed by atoms with Gasteiger partial charge in [-0.1, -0.05) is 32.8 Å². The molecule has 1 aliphatic carbocycles. The molecule has 0 unspecified atom stereocenters. The molecule has 1 aliphatic rings. The largest absolute Gasteiger partial charge is 0.449 e. The van der Waals surface area contributed by atoms with Crippen LogP contribution >= 0.6 is 0 Å². The van der Waals surface area contributed by atoms with Gasteiger partial charge >= 0.3 is 5.97 Å². The number of esters is 1. The molecule has 1 amide bonds. The first-order valence-corrected chi connectivity index (χ1v) is 8.44. The number of amides is 1. The van der Waals surface area contributed by atoms with Crippen LogP contribution in [-0.4, -0.2) is 24.0 Å². The van der Waals surface area contributed by atoms with Crippen molar-refractivity contribution in [3.05, 3.63) is 35.4 Å². The molecule has 0 heterocycles. The number of benzene rings is 1. The molecule has 0 aromatic heterocycles. The average Bonchev–Trinajstić information content (AvgIpc) is 2.58. The topological polar surface area (TPSA) is 79.2 Å². The quantitative estimate of drug-likeness (QED) is 0.862. The van der Waals surface area contributed by atoms with Crippen LogP contribution in [0.2, 0.25) is 0 Å². The van der Waals surface area contributed by atoms with Crippen molar-refractivity contribution in [1.82, 2.24) is 5.32 Å². The van der Waals surface area contributed by atoms with Crippen LogP contribution in [0.3, 0.4) is 0 Å². The van der Waals surface area contributed by atoms with E-state index in [4.69, 9.17) is 10.00 Å². The van der Waals surface area contributed by atoms with E-state index in [0.717, 1.165) is 12.8 Å². The fraction of sp³-hybridized carbons (Fsp3) is 0.526. The Kier molecular flexibility index (Phi) is 5.97. The number of carbonyl (C=O) groups excluding carboxylic acids is 2. The van der Waals surface area contributed by atoms with Crippen molar-refractivity contribution >= 4 is 11.9 Å². The van der Waals surface area contributed by atoms with E-state index in [2.05, 4.69) is 19.2 Å². The highest BCUT2D eigenvalue weighted by atomic mass is 16.5. The summed E-state index contributed by atoms with van der Waals surface area (Å²) in [5, 5.41) is 11.9. The highest BCUT2D eigenvalue weighted by Crippen LogP contribution is 2.29. The lowest BCUT2D eigenvalue weighted by atomic mass is 9.78. The molecule has 0 spiro atoms. The normalized spacial score (nSPS) is 24.5. The second-order valence-electron chi connectivity index (χ2n) is 6.62. The highest BCUT2D eigenvalue weighted by Gasteiger charge is 2.30. The molecule has 128 valence electrons. The van der Waals surface area contributed by atoms with Gasteiger partial charge in [-0.3, -0.25) is 4.79 Å². The molecule has 2 rings (SSSR count). The van der Waals surface area contributed by atoms with Crippen LogP contribution in [0.15, 0.2) is 24.3 Å². The van der Waals surface area contributed by atoms with Gasteiger partial charge in [0.05, 0.1) is 17.2 Å². The molecule has 0 bridgehead atoms. The van der Waals surface area contributed by atoms with Gasteiger partial charge in [-0.2, -0.15) is 5.26 Å². The predicted octanol–water partition coefficient (Wildman–Crippen LogP) is 3.04. The number of hydrogen-bond acceptors (Lipinski definition) is 4. The van der Waals surface area contributed by atoms with Crippen molar-refractivity contribution in [2.45, 2.75) is 52.2 Å². The smallest absolute Gasteiger partial charge is 0.338 e. The molecule has 1 aromatic rings. The van der Waals surface area contributed by atoms with Crippen molar-refractivity contribution in [2.75, 3.05) is 0 Å². The van der Waals surface area contributed by atoms with Crippen LogP contribution in [0.1, 0.15) is 56.0 Å². The fourth-order valence-electron chi connectivity index (χ4n) is 3.08. The summed E-state index contributed by atoms with van der Waals surface area (Å²) >= 11 is 0. The minimum absolute atomic E-state index is 0.129. The van der Waals surface area contributed by atoms with E-state index >= 15 is 0 Å².